The van der Waals surface area contributed by atoms with Crippen LogP contribution in [0, 0.1) is 5.92 Å². The molecule has 0 saturated carbocycles. The molecule has 6 atom stereocenters. The largest absolute Gasteiger partial charge is 0.444 e. The second kappa shape index (κ2) is 29.8. The normalized spacial score (nSPS) is 14.0. The van der Waals surface area contributed by atoms with E-state index in [-0.39, 0.29) is 38.3 Å². The van der Waals surface area contributed by atoms with Gasteiger partial charge in [0.25, 0.3) is 5.91 Å². The lowest BCUT2D eigenvalue weighted by atomic mass is 10.0. The molecule has 10 N–H and O–H groups in total. The summed E-state index contributed by atoms with van der Waals surface area (Å²) in [6, 6.07) is 9.51. The van der Waals surface area contributed by atoms with Crippen molar-refractivity contribution in [1.82, 2.24) is 37.2 Å². The Kier molecular flexibility index (Phi) is 25.6. The Balaban J connectivity index is 2.35. The summed E-state index contributed by atoms with van der Waals surface area (Å²) >= 11 is 0. The first kappa shape index (κ1) is 60.9. The molecular formula is C52H82N8O11. The maximum atomic E-state index is 14.3. The third-order valence-corrected chi connectivity index (χ3v) is 10.9. The minimum absolute atomic E-state index is 0.0574. The van der Waals surface area contributed by atoms with Gasteiger partial charge in [-0.25, -0.2) is 9.59 Å². The van der Waals surface area contributed by atoms with E-state index >= 15 is 0 Å². The highest BCUT2D eigenvalue weighted by molar-refractivity contribution is 5.99. The van der Waals surface area contributed by atoms with Crippen LogP contribution in [0.1, 0.15) is 150 Å². The Labute approximate surface area is 420 Å². The highest BCUT2D eigenvalue weighted by Crippen LogP contribution is 2.22. The molecule has 0 spiro atoms. The molecule has 2 aromatic carbocycles. The van der Waals surface area contributed by atoms with Crippen LogP contribution in [0.2, 0.25) is 0 Å². The molecule has 8 amide bonds. The van der Waals surface area contributed by atoms with Gasteiger partial charge in [-0.1, -0.05) is 63.6 Å². The average Bonchev–Trinajstić information content (AvgIpc) is 3.27. The molecule has 0 fully saturated rings. The third kappa shape index (κ3) is 24.4. The van der Waals surface area contributed by atoms with Crippen LogP contribution in [0.15, 0.2) is 48.5 Å². The van der Waals surface area contributed by atoms with Gasteiger partial charge in [-0.3, -0.25) is 28.8 Å². The second-order valence-corrected chi connectivity index (χ2v) is 20.4. The summed E-state index contributed by atoms with van der Waals surface area (Å²) in [5.41, 5.74) is 7.21. The molecule has 0 aliphatic rings. The van der Waals surface area contributed by atoms with E-state index in [0.717, 1.165) is 30.4 Å². The number of primary amides is 1. The van der Waals surface area contributed by atoms with E-state index in [1.165, 1.54) is 19.4 Å². The minimum atomic E-state index is -1.67. The Morgan fingerprint density at radius 2 is 1.03 bits per heavy atom. The lowest BCUT2D eigenvalue weighted by Crippen LogP contribution is -2.58. The van der Waals surface area contributed by atoms with Crippen molar-refractivity contribution in [3.8, 4) is 11.1 Å². The number of hydrogen-bond acceptors (Lipinski definition) is 11. The van der Waals surface area contributed by atoms with Gasteiger partial charge in [-0.2, -0.15) is 0 Å². The first-order valence-electron chi connectivity index (χ1n) is 24.8. The van der Waals surface area contributed by atoms with Crippen molar-refractivity contribution in [3.63, 3.8) is 0 Å². The number of aliphatic hydroxyl groups is 1. The molecule has 2 rings (SSSR count). The number of unbranched alkanes of at least 4 members (excludes halogenated alkanes) is 3. The van der Waals surface area contributed by atoms with Crippen LogP contribution in [0.5, 0.6) is 0 Å². The van der Waals surface area contributed by atoms with Gasteiger partial charge in [-0.05, 0) is 148 Å². The van der Waals surface area contributed by atoms with Gasteiger partial charge < -0.3 is 57.5 Å². The molecule has 2 aromatic rings. The molecule has 19 nitrogen and oxygen atoms in total. The first-order chi connectivity index (χ1) is 33.2. The fourth-order valence-corrected chi connectivity index (χ4v) is 7.10. The number of aliphatic hydroxyl groups excluding tert-OH is 1. The summed E-state index contributed by atoms with van der Waals surface area (Å²) in [7, 11) is 0. The number of carbonyl (C=O) groups excluding carboxylic acids is 8. The lowest BCUT2D eigenvalue weighted by molar-refractivity contribution is -0.134. The Morgan fingerprint density at radius 3 is 1.49 bits per heavy atom. The number of amides is 8. The molecule has 0 bridgehead atoms. The predicted octanol–water partition coefficient (Wildman–Crippen LogP) is 5.06. The van der Waals surface area contributed by atoms with E-state index in [0.29, 0.717) is 31.2 Å². The number of nitrogens with one attached hydrogen (secondary N) is 7. The quantitative estimate of drug-likeness (QED) is 0.0508. The second-order valence-electron chi connectivity index (χ2n) is 20.4. The fourth-order valence-electron chi connectivity index (χ4n) is 7.10. The minimum Gasteiger partial charge on any atom is -0.444 e. The average molecular weight is 995 g/mol. The monoisotopic (exact) mass is 995 g/mol. The van der Waals surface area contributed by atoms with Crippen LogP contribution < -0.4 is 43.0 Å². The highest BCUT2D eigenvalue weighted by atomic mass is 16.6. The molecule has 0 heterocycles. The molecule has 0 aliphatic heterocycles. The zero-order chi connectivity index (χ0) is 53.5. The highest BCUT2D eigenvalue weighted by Gasteiger charge is 2.32. The molecule has 19 heteroatoms. The number of ether oxygens (including phenoxy) is 2. The van der Waals surface area contributed by atoms with Gasteiger partial charge in [0.15, 0.2) is 6.10 Å². The van der Waals surface area contributed by atoms with Crippen LogP contribution in [0.3, 0.4) is 0 Å². The maximum Gasteiger partial charge on any atom is 0.407 e. The van der Waals surface area contributed by atoms with Crippen molar-refractivity contribution in [2.75, 3.05) is 13.1 Å². The van der Waals surface area contributed by atoms with Crippen molar-refractivity contribution < 1.29 is 52.9 Å². The molecule has 0 saturated heterocycles. The van der Waals surface area contributed by atoms with Crippen molar-refractivity contribution in [2.24, 2.45) is 11.7 Å². The van der Waals surface area contributed by atoms with Gasteiger partial charge in [0.05, 0.1) is 6.04 Å². The van der Waals surface area contributed by atoms with E-state index in [2.05, 4.69) is 56.3 Å². The van der Waals surface area contributed by atoms with Gasteiger partial charge in [0.1, 0.15) is 35.4 Å². The Morgan fingerprint density at radius 1 is 0.577 bits per heavy atom. The lowest BCUT2D eigenvalue weighted by Gasteiger charge is -2.27. The number of nitrogens with two attached hydrogens (primary N) is 1. The molecule has 1 unspecified atom stereocenters. The predicted molar refractivity (Wildman–Crippen MR) is 272 cm³/mol. The van der Waals surface area contributed by atoms with Gasteiger partial charge in [-0.15, -0.1) is 0 Å². The first-order valence-corrected chi connectivity index (χ1v) is 24.8. The summed E-state index contributed by atoms with van der Waals surface area (Å²) in [6.07, 6.45) is 2.17. The summed E-state index contributed by atoms with van der Waals surface area (Å²) < 4.78 is 10.6. The Bertz CT molecular complexity index is 2050. The van der Waals surface area contributed by atoms with E-state index in [9.17, 15) is 43.5 Å². The van der Waals surface area contributed by atoms with Crippen LogP contribution in [0.25, 0.3) is 11.1 Å². The molecule has 396 valence electrons. The smallest absolute Gasteiger partial charge is 0.407 e. The van der Waals surface area contributed by atoms with Crippen LogP contribution in [-0.2, 0) is 39.9 Å². The zero-order valence-electron chi connectivity index (χ0n) is 43.8. The van der Waals surface area contributed by atoms with Crippen molar-refractivity contribution in [1.29, 1.82) is 0 Å². The van der Waals surface area contributed by atoms with Crippen LogP contribution >= 0.6 is 0 Å². The number of benzene rings is 2. The SMILES string of the molecule is CCCCc1ccc(-c2ccc(C(=O)N[C@@H](CCCCNC(=O)OC(C)(C)C)C(=O)N[C@@H](CCCCNC(=O)OC(C)(C)C)C(=O)N[C@@H](C)C(=O)N[C@@H](CC(C)C)C(=O)N[C@@H](C)C(O)C(N)=O)cc2)cc1. The molecule has 71 heavy (non-hydrogen) atoms. The molecular weight excluding hydrogens is 913 g/mol. The number of carbonyl (C=O) groups is 8. The van der Waals surface area contributed by atoms with E-state index in [1.807, 2.05) is 38.1 Å². The standard InChI is InChI=1S/C52H82N8O11/c1-12-13-18-35-21-23-36(24-22-35)37-25-27-38(28-26-37)45(64)58-40(20-15-17-30-55-50(69)71-52(9,10)11)47(66)59-39(19-14-16-29-54-49(68)70-51(6,7)8)46(65)57-34(5)44(63)60-41(31-32(2)3)48(67)56-33(4)42(61)43(53)62/h21-28,32-34,39-42,61H,12-20,29-31H2,1-11H3,(H2,53,62)(H,54,68)(H,55,69)(H,56,67)(H,57,65)(H,58,64)(H,59,66)(H,60,63)/t33-,34-,39-,40-,41-,42?/m0/s1. The van der Waals surface area contributed by atoms with Crippen molar-refractivity contribution >= 4 is 47.6 Å². The van der Waals surface area contributed by atoms with E-state index in [4.69, 9.17) is 15.2 Å². The molecule has 0 aromatic heterocycles. The maximum absolute atomic E-state index is 14.3. The number of hydrogen-bond donors (Lipinski definition) is 9. The summed E-state index contributed by atoms with van der Waals surface area (Å²) in [6.45, 7) is 19.5. The number of rotatable bonds is 28. The molecule has 0 aliphatic carbocycles. The zero-order valence-corrected chi connectivity index (χ0v) is 43.8. The van der Waals surface area contributed by atoms with E-state index < -0.39 is 95.1 Å². The van der Waals surface area contributed by atoms with Crippen molar-refractivity contribution in [3.05, 3.63) is 59.7 Å². The number of aryl methyl sites for hydroxylation is 1. The van der Waals surface area contributed by atoms with Gasteiger partial charge in [0, 0.05) is 18.7 Å². The Hall–Kier alpha value is -6.24. The fraction of sp³-hybridized carbons (Fsp3) is 0.615. The summed E-state index contributed by atoms with van der Waals surface area (Å²) in [5.74, 6) is -4.46. The van der Waals surface area contributed by atoms with Gasteiger partial charge >= 0.3 is 12.2 Å². The number of alkyl carbamates (subject to hydrolysis) is 2. The van der Waals surface area contributed by atoms with Crippen LogP contribution in [-0.4, -0.2) is 113 Å². The summed E-state index contributed by atoms with van der Waals surface area (Å²) in [4.78, 5) is 105. The van der Waals surface area contributed by atoms with Crippen LogP contribution in [0.4, 0.5) is 9.59 Å². The third-order valence-electron chi connectivity index (χ3n) is 10.9. The molecule has 0 radical (unpaired) electrons. The summed E-state index contributed by atoms with van der Waals surface area (Å²) in [5, 5.41) is 28.8. The van der Waals surface area contributed by atoms with Crippen molar-refractivity contribution in [2.45, 2.75) is 188 Å². The van der Waals surface area contributed by atoms with Gasteiger partial charge in [0.2, 0.25) is 29.5 Å². The van der Waals surface area contributed by atoms with E-state index in [1.54, 1.807) is 53.7 Å². The topological polar surface area (TPSA) is 285 Å².